The van der Waals surface area contributed by atoms with E-state index in [1.165, 1.54) is 0 Å². The molecule has 1 rings (SSSR count). The largest absolute Gasteiger partial charge is 0.493 e. The van der Waals surface area contributed by atoms with E-state index < -0.39 is 0 Å². The molecule has 1 aromatic rings. The summed E-state index contributed by atoms with van der Waals surface area (Å²) in [6.07, 6.45) is 3.61. The Bertz CT molecular complexity index is 368. The van der Waals surface area contributed by atoms with Crippen molar-refractivity contribution in [1.82, 2.24) is 4.98 Å². The summed E-state index contributed by atoms with van der Waals surface area (Å²) < 4.78 is 5.28. The van der Waals surface area contributed by atoms with Gasteiger partial charge in [-0.1, -0.05) is 13.8 Å². The second kappa shape index (κ2) is 6.59. The lowest BCUT2D eigenvalue weighted by Gasteiger charge is -2.30. The molecule has 18 heavy (non-hydrogen) atoms. The number of ether oxygens (including phenoxy) is 1. The molecule has 0 unspecified atom stereocenters. The van der Waals surface area contributed by atoms with Crippen molar-refractivity contribution in [2.24, 2.45) is 5.41 Å². The third kappa shape index (κ3) is 3.35. The van der Waals surface area contributed by atoms with Gasteiger partial charge >= 0.3 is 0 Å². The zero-order valence-electron chi connectivity index (χ0n) is 11.8. The van der Waals surface area contributed by atoms with Crippen LogP contribution in [0.1, 0.15) is 32.4 Å². The number of nitrogens with zero attached hydrogens (tertiary/aromatic N) is 1. The predicted molar refractivity (Wildman–Crippen MR) is 74.1 cm³/mol. The zero-order chi connectivity index (χ0) is 13.6. The van der Waals surface area contributed by atoms with Crippen LogP contribution in [0.3, 0.4) is 0 Å². The molecule has 1 aromatic heterocycles. The Morgan fingerprint density at radius 2 is 2.06 bits per heavy atom. The molecule has 0 aliphatic carbocycles. The average molecular weight is 252 g/mol. The fraction of sp³-hybridized carbons (Fsp3) is 0.643. The quantitative estimate of drug-likeness (QED) is 0.783. The maximum absolute atomic E-state index is 9.55. The number of aliphatic hydroxyl groups excluding tert-OH is 1. The van der Waals surface area contributed by atoms with Gasteiger partial charge in [0.25, 0.3) is 0 Å². The third-order valence-electron chi connectivity index (χ3n) is 3.71. The smallest absolute Gasteiger partial charge is 0.160 e. The fourth-order valence-corrected chi connectivity index (χ4v) is 1.91. The Morgan fingerprint density at radius 1 is 1.39 bits per heavy atom. The third-order valence-corrected chi connectivity index (χ3v) is 3.71. The van der Waals surface area contributed by atoms with Crippen molar-refractivity contribution in [3.05, 3.63) is 18.0 Å². The van der Waals surface area contributed by atoms with Gasteiger partial charge in [0.05, 0.1) is 25.6 Å². The summed E-state index contributed by atoms with van der Waals surface area (Å²) in [5.41, 5.74) is 1.81. The molecule has 1 heterocycles. The first-order valence-corrected chi connectivity index (χ1v) is 6.46. The van der Waals surface area contributed by atoms with Crippen molar-refractivity contribution in [3.8, 4) is 5.75 Å². The molecule has 2 N–H and O–H groups in total. The number of aryl methyl sites for hydroxylation is 1. The first-order valence-electron chi connectivity index (χ1n) is 6.46. The van der Waals surface area contributed by atoms with Gasteiger partial charge in [-0.15, -0.1) is 0 Å². The molecule has 0 saturated carbocycles. The highest BCUT2D eigenvalue weighted by Gasteiger charge is 2.25. The van der Waals surface area contributed by atoms with Gasteiger partial charge < -0.3 is 15.2 Å². The van der Waals surface area contributed by atoms with Gasteiger partial charge in [-0.2, -0.15) is 0 Å². The minimum atomic E-state index is -0.0673. The number of rotatable bonds is 7. The van der Waals surface area contributed by atoms with E-state index in [1.807, 2.05) is 13.0 Å². The summed E-state index contributed by atoms with van der Waals surface area (Å²) in [6.45, 7) is 7.09. The molecule has 0 aliphatic heterocycles. The molecule has 0 radical (unpaired) electrons. The van der Waals surface area contributed by atoms with E-state index in [1.54, 1.807) is 13.3 Å². The lowest BCUT2D eigenvalue weighted by atomic mass is 9.83. The van der Waals surface area contributed by atoms with Crippen LogP contribution >= 0.6 is 0 Å². The van der Waals surface area contributed by atoms with Crippen LogP contribution in [0.2, 0.25) is 0 Å². The van der Waals surface area contributed by atoms with Gasteiger partial charge in [0.1, 0.15) is 0 Å². The first kappa shape index (κ1) is 14.8. The van der Waals surface area contributed by atoms with Crippen LogP contribution in [0.25, 0.3) is 0 Å². The SMILES string of the molecule is CCC(CC)(CO)CNc1cc(C)ncc1OC. The Kier molecular flexibility index (Phi) is 5.41. The molecule has 0 spiro atoms. The molecule has 0 atom stereocenters. The lowest BCUT2D eigenvalue weighted by Crippen LogP contribution is -2.32. The highest BCUT2D eigenvalue weighted by Crippen LogP contribution is 2.29. The molecule has 0 bridgehead atoms. The standard InChI is InChI=1S/C14H24N2O2/c1-5-14(6-2,10-17)9-16-12-7-11(3)15-8-13(12)18-4/h7-8,17H,5-6,9-10H2,1-4H3,(H,15,16). The zero-order valence-corrected chi connectivity index (χ0v) is 11.8. The van der Waals surface area contributed by atoms with Gasteiger partial charge in [-0.3, -0.25) is 4.98 Å². The van der Waals surface area contributed by atoms with Crippen molar-refractivity contribution in [3.63, 3.8) is 0 Å². The van der Waals surface area contributed by atoms with Gasteiger partial charge in [-0.05, 0) is 25.8 Å². The summed E-state index contributed by atoms with van der Waals surface area (Å²) in [5.74, 6) is 0.736. The minimum absolute atomic E-state index is 0.0673. The number of nitrogens with one attached hydrogen (secondary N) is 1. The number of aliphatic hydroxyl groups is 1. The van der Waals surface area contributed by atoms with Crippen molar-refractivity contribution in [2.75, 3.05) is 25.6 Å². The average Bonchev–Trinajstić information content (AvgIpc) is 2.41. The molecule has 0 saturated heterocycles. The molecule has 0 fully saturated rings. The molecule has 4 heteroatoms. The molecular formula is C14H24N2O2. The number of methoxy groups -OCH3 is 1. The monoisotopic (exact) mass is 252 g/mol. The first-order chi connectivity index (χ1) is 8.60. The van der Waals surface area contributed by atoms with Crippen LogP contribution in [0.5, 0.6) is 5.75 Å². The van der Waals surface area contributed by atoms with E-state index in [0.29, 0.717) is 0 Å². The van der Waals surface area contributed by atoms with Gasteiger partial charge in [-0.25, -0.2) is 0 Å². The lowest BCUT2D eigenvalue weighted by molar-refractivity contribution is 0.127. The maximum atomic E-state index is 9.55. The van der Waals surface area contributed by atoms with Crippen molar-refractivity contribution >= 4 is 5.69 Å². The fourth-order valence-electron chi connectivity index (χ4n) is 1.91. The van der Waals surface area contributed by atoms with Crippen LogP contribution in [-0.2, 0) is 0 Å². The number of aromatic nitrogens is 1. The van der Waals surface area contributed by atoms with E-state index in [9.17, 15) is 5.11 Å². The van der Waals surface area contributed by atoms with Crippen LogP contribution in [-0.4, -0.2) is 30.4 Å². The van der Waals surface area contributed by atoms with E-state index in [4.69, 9.17) is 4.74 Å². The van der Waals surface area contributed by atoms with Crippen molar-refractivity contribution < 1.29 is 9.84 Å². The summed E-state index contributed by atoms with van der Waals surface area (Å²) in [5, 5.41) is 12.9. The number of anilines is 1. The Hall–Kier alpha value is -1.29. The predicted octanol–water partition coefficient (Wildman–Crippen LogP) is 2.61. The van der Waals surface area contributed by atoms with Gasteiger partial charge in [0, 0.05) is 17.7 Å². The van der Waals surface area contributed by atoms with Crippen LogP contribution in [0, 0.1) is 12.3 Å². The Morgan fingerprint density at radius 3 is 2.56 bits per heavy atom. The minimum Gasteiger partial charge on any atom is -0.493 e. The summed E-state index contributed by atoms with van der Waals surface area (Å²) in [6, 6.07) is 1.96. The second-order valence-electron chi connectivity index (χ2n) is 4.74. The summed E-state index contributed by atoms with van der Waals surface area (Å²) in [4.78, 5) is 4.20. The molecule has 102 valence electrons. The molecule has 4 nitrogen and oxygen atoms in total. The van der Waals surface area contributed by atoms with E-state index in [2.05, 4.69) is 24.1 Å². The van der Waals surface area contributed by atoms with Gasteiger partial charge in [0.2, 0.25) is 0 Å². The molecule has 0 amide bonds. The van der Waals surface area contributed by atoms with Crippen LogP contribution in [0.15, 0.2) is 12.3 Å². The Labute approximate surface area is 109 Å². The van der Waals surface area contributed by atoms with Gasteiger partial charge in [0.15, 0.2) is 5.75 Å². The molecule has 0 aromatic carbocycles. The maximum Gasteiger partial charge on any atom is 0.160 e. The summed E-state index contributed by atoms with van der Waals surface area (Å²) in [7, 11) is 1.64. The van der Waals surface area contributed by atoms with E-state index in [0.717, 1.165) is 36.5 Å². The number of hydrogen-bond donors (Lipinski definition) is 2. The highest BCUT2D eigenvalue weighted by atomic mass is 16.5. The van der Waals surface area contributed by atoms with Crippen LogP contribution in [0.4, 0.5) is 5.69 Å². The summed E-state index contributed by atoms with van der Waals surface area (Å²) >= 11 is 0. The molecule has 0 aliphatic rings. The second-order valence-corrected chi connectivity index (χ2v) is 4.74. The number of hydrogen-bond acceptors (Lipinski definition) is 4. The topological polar surface area (TPSA) is 54.4 Å². The highest BCUT2D eigenvalue weighted by molar-refractivity contribution is 5.56. The molecular weight excluding hydrogens is 228 g/mol. The van der Waals surface area contributed by atoms with Crippen molar-refractivity contribution in [1.29, 1.82) is 0 Å². The van der Waals surface area contributed by atoms with E-state index in [-0.39, 0.29) is 12.0 Å². The Balaban J connectivity index is 2.81. The normalized spacial score (nSPS) is 11.4. The van der Waals surface area contributed by atoms with E-state index >= 15 is 0 Å². The van der Waals surface area contributed by atoms with Crippen molar-refractivity contribution in [2.45, 2.75) is 33.6 Å². The van der Waals surface area contributed by atoms with Crippen LogP contribution < -0.4 is 10.1 Å². The number of pyridine rings is 1.